The third kappa shape index (κ3) is 2.55. The molecule has 0 aliphatic rings. The summed E-state index contributed by atoms with van der Waals surface area (Å²) in [6, 6.07) is 6.03. The molecule has 0 unspecified atom stereocenters. The normalized spacial score (nSPS) is 10.9. The van der Waals surface area contributed by atoms with E-state index in [0.29, 0.717) is 10.8 Å². The van der Waals surface area contributed by atoms with Gasteiger partial charge in [-0.05, 0) is 47.2 Å². The van der Waals surface area contributed by atoms with Gasteiger partial charge in [-0.1, -0.05) is 17.4 Å². The number of hydrogen-bond donors (Lipinski definition) is 1. The van der Waals surface area contributed by atoms with Crippen molar-refractivity contribution in [2.75, 3.05) is 5.32 Å². The van der Waals surface area contributed by atoms with E-state index in [2.05, 4.69) is 44.1 Å². The monoisotopic (exact) mass is 398 g/mol. The summed E-state index contributed by atoms with van der Waals surface area (Å²) in [7, 11) is 1.79. The number of benzene rings is 1. The van der Waals surface area contributed by atoms with Crippen LogP contribution in [-0.2, 0) is 7.05 Å². The fourth-order valence-electron chi connectivity index (χ4n) is 1.86. The molecule has 0 fully saturated rings. The molecule has 3 aromatic rings. The van der Waals surface area contributed by atoms with Crippen LogP contribution in [0.2, 0.25) is 0 Å². The molecule has 0 aliphatic carbocycles. The van der Waals surface area contributed by atoms with Crippen molar-refractivity contribution in [1.82, 2.24) is 14.8 Å². The molecule has 0 saturated carbocycles. The van der Waals surface area contributed by atoms with Crippen LogP contribution < -0.4 is 5.32 Å². The first-order chi connectivity index (χ1) is 9.52. The standard InChI is InChI=1S/C13H11IN4OS/c1-7-3-4-9-10(5-7)20-13(15-9)16-12(19)11-8(14)6-18(2)17-11/h3-6H,1-2H3,(H,15,16,19). The Hall–Kier alpha value is -1.48. The van der Waals surface area contributed by atoms with Gasteiger partial charge in [0.25, 0.3) is 5.91 Å². The summed E-state index contributed by atoms with van der Waals surface area (Å²) >= 11 is 3.56. The molecule has 3 rings (SSSR count). The summed E-state index contributed by atoms with van der Waals surface area (Å²) in [4.78, 5) is 16.6. The zero-order valence-corrected chi connectivity index (χ0v) is 13.8. The number of thiazole rings is 1. The van der Waals surface area contributed by atoms with Crippen LogP contribution in [0.3, 0.4) is 0 Å². The number of rotatable bonds is 2. The minimum absolute atomic E-state index is 0.231. The highest BCUT2D eigenvalue weighted by molar-refractivity contribution is 14.1. The van der Waals surface area contributed by atoms with Crippen molar-refractivity contribution in [3.8, 4) is 0 Å². The smallest absolute Gasteiger partial charge is 0.279 e. The maximum absolute atomic E-state index is 12.2. The van der Waals surface area contributed by atoms with Gasteiger partial charge in [-0.25, -0.2) is 4.98 Å². The number of anilines is 1. The summed E-state index contributed by atoms with van der Waals surface area (Å²) in [5, 5.41) is 7.55. The summed E-state index contributed by atoms with van der Waals surface area (Å²) in [5.41, 5.74) is 2.49. The molecule has 5 nitrogen and oxygen atoms in total. The number of aromatic nitrogens is 3. The molecule has 2 aromatic heterocycles. The van der Waals surface area contributed by atoms with E-state index in [9.17, 15) is 4.79 Å². The van der Waals surface area contributed by atoms with Gasteiger partial charge < -0.3 is 0 Å². The number of carbonyl (C=O) groups is 1. The van der Waals surface area contributed by atoms with Crippen molar-refractivity contribution in [2.24, 2.45) is 7.05 Å². The van der Waals surface area contributed by atoms with Crippen LogP contribution in [0.4, 0.5) is 5.13 Å². The first kappa shape index (κ1) is 13.5. The maximum atomic E-state index is 12.2. The molecule has 20 heavy (non-hydrogen) atoms. The second-order valence-corrected chi connectivity index (χ2v) is 6.64. The summed E-state index contributed by atoms with van der Waals surface area (Å²) in [5.74, 6) is -0.231. The van der Waals surface area contributed by atoms with E-state index >= 15 is 0 Å². The molecule has 0 aliphatic heterocycles. The highest BCUT2D eigenvalue weighted by atomic mass is 127. The quantitative estimate of drug-likeness (QED) is 0.675. The van der Waals surface area contributed by atoms with Crippen molar-refractivity contribution in [3.05, 3.63) is 39.2 Å². The number of fused-ring (bicyclic) bond motifs is 1. The number of hydrogen-bond acceptors (Lipinski definition) is 4. The van der Waals surface area contributed by atoms with Gasteiger partial charge in [0, 0.05) is 13.2 Å². The van der Waals surface area contributed by atoms with Crippen LogP contribution in [0.25, 0.3) is 10.2 Å². The highest BCUT2D eigenvalue weighted by Crippen LogP contribution is 2.27. The molecule has 1 aromatic carbocycles. The van der Waals surface area contributed by atoms with Gasteiger partial charge in [0.2, 0.25) is 0 Å². The minimum Gasteiger partial charge on any atom is -0.296 e. The molecule has 1 amide bonds. The first-order valence-corrected chi connectivity index (χ1v) is 7.80. The van der Waals surface area contributed by atoms with Crippen molar-refractivity contribution < 1.29 is 4.79 Å². The van der Waals surface area contributed by atoms with Gasteiger partial charge in [0.05, 0.1) is 13.8 Å². The highest BCUT2D eigenvalue weighted by Gasteiger charge is 2.16. The summed E-state index contributed by atoms with van der Waals surface area (Å²) in [6.45, 7) is 2.04. The Labute approximate surface area is 133 Å². The van der Waals surface area contributed by atoms with E-state index in [1.807, 2.05) is 19.1 Å². The number of nitrogens with zero attached hydrogens (tertiary/aromatic N) is 3. The lowest BCUT2D eigenvalue weighted by atomic mass is 10.2. The average Bonchev–Trinajstić information content (AvgIpc) is 2.91. The zero-order chi connectivity index (χ0) is 14.3. The lowest BCUT2D eigenvalue weighted by Gasteiger charge is -1.97. The average molecular weight is 398 g/mol. The van der Waals surface area contributed by atoms with E-state index in [1.165, 1.54) is 16.9 Å². The Balaban J connectivity index is 1.89. The molecule has 1 N–H and O–H groups in total. The Morgan fingerprint density at radius 1 is 1.45 bits per heavy atom. The zero-order valence-electron chi connectivity index (χ0n) is 10.8. The maximum Gasteiger partial charge on any atom is 0.279 e. The number of nitrogens with one attached hydrogen (secondary N) is 1. The topological polar surface area (TPSA) is 59.8 Å². The van der Waals surface area contributed by atoms with Crippen LogP contribution in [0.5, 0.6) is 0 Å². The van der Waals surface area contributed by atoms with Crippen molar-refractivity contribution in [2.45, 2.75) is 6.92 Å². The third-order valence-corrected chi connectivity index (χ3v) is 4.49. The molecule has 0 radical (unpaired) electrons. The lowest BCUT2D eigenvalue weighted by molar-refractivity contribution is 0.102. The molecular weight excluding hydrogens is 387 g/mol. The fraction of sp³-hybridized carbons (Fsp3) is 0.154. The number of halogens is 1. The Morgan fingerprint density at radius 3 is 2.95 bits per heavy atom. The molecule has 0 atom stereocenters. The van der Waals surface area contributed by atoms with E-state index < -0.39 is 0 Å². The lowest BCUT2D eigenvalue weighted by Crippen LogP contribution is -2.13. The van der Waals surface area contributed by atoms with Gasteiger partial charge in [0.15, 0.2) is 10.8 Å². The number of aryl methyl sites for hydroxylation is 2. The van der Waals surface area contributed by atoms with Gasteiger partial charge in [0.1, 0.15) is 0 Å². The van der Waals surface area contributed by atoms with Crippen LogP contribution in [0.1, 0.15) is 16.1 Å². The molecule has 102 valence electrons. The van der Waals surface area contributed by atoms with E-state index in [0.717, 1.165) is 13.8 Å². The molecule has 7 heteroatoms. The van der Waals surface area contributed by atoms with E-state index in [1.54, 1.807) is 17.9 Å². The number of carbonyl (C=O) groups excluding carboxylic acids is 1. The largest absolute Gasteiger partial charge is 0.296 e. The third-order valence-electron chi connectivity index (χ3n) is 2.76. The van der Waals surface area contributed by atoms with E-state index in [-0.39, 0.29) is 5.91 Å². The Bertz CT molecular complexity index is 808. The van der Waals surface area contributed by atoms with Crippen molar-refractivity contribution in [3.63, 3.8) is 0 Å². The van der Waals surface area contributed by atoms with Crippen molar-refractivity contribution >= 4 is 55.2 Å². The molecule has 0 saturated heterocycles. The van der Waals surface area contributed by atoms with E-state index in [4.69, 9.17) is 0 Å². The van der Waals surface area contributed by atoms with Crippen LogP contribution in [-0.4, -0.2) is 20.7 Å². The molecule has 0 bridgehead atoms. The SMILES string of the molecule is Cc1ccc2nc(NC(=O)c3nn(C)cc3I)sc2c1. The fourth-order valence-corrected chi connectivity index (χ4v) is 3.57. The first-order valence-electron chi connectivity index (χ1n) is 5.90. The van der Waals surface area contributed by atoms with Crippen molar-refractivity contribution in [1.29, 1.82) is 0 Å². The predicted octanol–water partition coefficient (Wildman–Crippen LogP) is 3.20. The van der Waals surface area contributed by atoms with Gasteiger partial charge in [-0.3, -0.25) is 14.8 Å². The summed E-state index contributed by atoms with van der Waals surface area (Å²) < 4.78 is 3.51. The predicted molar refractivity (Wildman–Crippen MR) is 88.2 cm³/mol. The van der Waals surface area contributed by atoms with Gasteiger partial charge >= 0.3 is 0 Å². The second-order valence-electron chi connectivity index (χ2n) is 4.44. The Kier molecular flexibility index (Phi) is 3.47. The molecular formula is C13H11IN4OS. The Morgan fingerprint density at radius 2 is 2.25 bits per heavy atom. The van der Waals surface area contributed by atoms with Gasteiger partial charge in [-0.15, -0.1) is 0 Å². The number of amides is 1. The summed E-state index contributed by atoms with van der Waals surface area (Å²) in [6.07, 6.45) is 1.80. The van der Waals surface area contributed by atoms with Crippen LogP contribution >= 0.6 is 33.9 Å². The van der Waals surface area contributed by atoms with Crippen LogP contribution in [0, 0.1) is 10.5 Å². The minimum atomic E-state index is -0.231. The van der Waals surface area contributed by atoms with Gasteiger partial charge in [-0.2, -0.15) is 5.10 Å². The van der Waals surface area contributed by atoms with Crippen LogP contribution in [0.15, 0.2) is 24.4 Å². The molecule has 2 heterocycles. The molecule has 0 spiro atoms. The second kappa shape index (κ2) is 5.13.